The third kappa shape index (κ3) is 3.70. The van der Waals surface area contributed by atoms with E-state index in [4.69, 9.17) is 18.9 Å². The van der Waals surface area contributed by atoms with E-state index in [2.05, 4.69) is 20.3 Å². The van der Waals surface area contributed by atoms with Crippen LogP contribution in [0, 0.1) is 0 Å². The molecule has 2 N–H and O–H groups in total. The number of hydrogen-bond acceptors (Lipinski definition) is 9. The smallest absolute Gasteiger partial charge is 0.263 e. The lowest BCUT2D eigenvalue weighted by Crippen LogP contribution is -2.33. The fourth-order valence-electron chi connectivity index (χ4n) is 4.98. The molecule has 3 fully saturated rings. The summed E-state index contributed by atoms with van der Waals surface area (Å²) in [6, 6.07) is 9.08. The van der Waals surface area contributed by atoms with Gasteiger partial charge in [-0.2, -0.15) is 0 Å². The van der Waals surface area contributed by atoms with E-state index in [9.17, 15) is 9.90 Å². The number of nitrogens with zero attached hydrogens (tertiary/aromatic N) is 4. The maximum absolute atomic E-state index is 12.4. The number of imidazole rings is 1. The summed E-state index contributed by atoms with van der Waals surface area (Å²) < 4.78 is 26.0. The highest BCUT2D eigenvalue weighted by Crippen LogP contribution is 2.49. The molecular formula is C23H25N5O6. The van der Waals surface area contributed by atoms with E-state index in [0.29, 0.717) is 16.9 Å². The van der Waals surface area contributed by atoms with Gasteiger partial charge in [-0.25, -0.2) is 15.0 Å². The first-order valence-electron chi connectivity index (χ1n) is 11.4. The van der Waals surface area contributed by atoms with Crippen LogP contribution in [0.25, 0.3) is 11.2 Å². The number of carbonyl (C=O) groups excluding carboxylic acids is 1. The quantitative estimate of drug-likeness (QED) is 0.557. The molecule has 178 valence electrons. The second-order valence-corrected chi connectivity index (χ2v) is 8.73. The summed E-state index contributed by atoms with van der Waals surface area (Å²) in [6.07, 6.45) is 4.84. The maximum Gasteiger partial charge on any atom is 0.263 e. The van der Waals surface area contributed by atoms with E-state index in [0.717, 1.165) is 25.7 Å². The lowest BCUT2D eigenvalue weighted by Gasteiger charge is -2.27. The summed E-state index contributed by atoms with van der Waals surface area (Å²) in [7, 11) is 0. The maximum atomic E-state index is 12.4. The molecule has 4 atom stereocenters. The first-order chi connectivity index (χ1) is 16.7. The number of carbonyl (C=O) groups is 1. The molecule has 2 saturated heterocycles. The SMILES string of the molecule is O=C(COc1ccccc1)Nc1ncnc2c1ncn2[C@@H]1O[C@H](CO)[C@H]2OC3(CCCC3)O[C@H]21. The summed E-state index contributed by atoms with van der Waals surface area (Å²) >= 11 is 0. The molecule has 1 amide bonds. The zero-order valence-electron chi connectivity index (χ0n) is 18.4. The third-order valence-electron chi connectivity index (χ3n) is 6.54. The van der Waals surface area contributed by atoms with Crippen molar-refractivity contribution in [3.05, 3.63) is 43.0 Å². The number of ether oxygens (including phenoxy) is 4. The van der Waals surface area contributed by atoms with Gasteiger partial charge in [-0.3, -0.25) is 9.36 Å². The molecule has 1 aromatic carbocycles. The molecule has 1 aliphatic carbocycles. The average molecular weight is 467 g/mol. The van der Waals surface area contributed by atoms with Gasteiger partial charge in [0.2, 0.25) is 0 Å². The highest BCUT2D eigenvalue weighted by atomic mass is 16.8. The van der Waals surface area contributed by atoms with Crippen LogP contribution in [0.4, 0.5) is 5.82 Å². The van der Waals surface area contributed by atoms with E-state index in [-0.39, 0.29) is 31.0 Å². The van der Waals surface area contributed by atoms with Gasteiger partial charge in [-0.15, -0.1) is 0 Å². The molecule has 0 bridgehead atoms. The van der Waals surface area contributed by atoms with Crippen LogP contribution in [0.3, 0.4) is 0 Å². The van der Waals surface area contributed by atoms with Crippen LogP contribution in [0.1, 0.15) is 31.9 Å². The Labute approximate surface area is 195 Å². The van der Waals surface area contributed by atoms with E-state index >= 15 is 0 Å². The van der Waals surface area contributed by atoms with Crippen molar-refractivity contribution < 1.29 is 28.8 Å². The van der Waals surface area contributed by atoms with Crippen LogP contribution < -0.4 is 10.1 Å². The van der Waals surface area contributed by atoms with Crippen molar-refractivity contribution in [2.24, 2.45) is 0 Å². The molecule has 1 spiro atoms. The minimum atomic E-state index is -0.603. The molecule has 2 aromatic heterocycles. The zero-order valence-corrected chi connectivity index (χ0v) is 18.4. The summed E-state index contributed by atoms with van der Waals surface area (Å²) in [5.41, 5.74) is 0.894. The summed E-state index contributed by atoms with van der Waals surface area (Å²) in [6.45, 7) is -0.349. The average Bonchev–Trinajstić information content (AvgIpc) is 3.63. The minimum Gasteiger partial charge on any atom is -0.484 e. The number of nitrogens with one attached hydrogen (secondary N) is 1. The number of benzene rings is 1. The fraction of sp³-hybridized carbons (Fsp3) is 0.478. The zero-order chi connectivity index (χ0) is 23.1. The highest BCUT2D eigenvalue weighted by Gasteiger charge is 2.59. The number of para-hydroxylation sites is 1. The Bertz CT molecular complexity index is 1180. The molecule has 11 nitrogen and oxygen atoms in total. The number of anilines is 1. The van der Waals surface area contributed by atoms with Gasteiger partial charge in [0.1, 0.15) is 30.4 Å². The van der Waals surface area contributed by atoms with Crippen LogP contribution in [0.2, 0.25) is 0 Å². The Kier molecular flexibility index (Phi) is 5.41. The molecule has 34 heavy (non-hydrogen) atoms. The third-order valence-corrected chi connectivity index (χ3v) is 6.54. The number of hydrogen-bond donors (Lipinski definition) is 2. The van der Waals surface area contributed by atoms with Crippen molar-refractivity contribution in [2.75, 3.05) is 18.5 Å². The van der Waals surface area contributed by atoms with E-state index in [1.165, 1.54) is 6.33 Å². The van der Waals surface area contributed by atoms with Crippen LogP contribution in [-0.2, 0) is 19.0 Å². The van der Waals surface area contributed by atoms with Gasteiger partial charge in [0.05, 0.1) is 12.9 Å². The number of amides is 1. The summed E-state index contributed by atoms with van der Waals surface area (Å²) in [5, 5.41) is 12.6. The van der Waals surface area contributed by atoms with E-state index in [1.807, 2.05) is 18.2 Å². The number of aliphatic hydroxyl groups is 1. The van der Waals surface area contributed by atoms with Crippen molar-refractivity contribution in [2.45, 2.75) is 56.0 Å². The number of rotatable bonds is 6. The van der Waals surface area contributed by atoms with Crippen LogP contribution >= 0.6 is 0 Å². The van der Waals surface area contributed by atoms with Crippen molar-refractivity contribution in [3.63, 3.8) is 0 Å². The lowest BCUT2D eigenvalue weighted by atomic mass is 10.1. The first kappa shape index (κ1) is 21.4. The number of aliphatic hydroxyl groups excluding tert-OH is 1. The van der Waals surface area contributed by atoms with Crippen LogP contribution in [0.15, 0.2) is 43.0 Å². The topological polar surface area (TPSA) is 130 Å². The Morgan fingerprint density at radius 1 is 1.15 bits per heavy atom. The summed E-state index contributed by atoms with van der Waals surface area (Å²) in [5.74, 6) is -0.102. The molecule has 3 aromatic rings. The fourth-order valence-corrected chi connectivity index (χ4v) is 4.98. The van der Waals surface area contributed by atoms with Crippen LogP contribution in [0.5, 0.6) is 5.75 Å². The summed E-state index contributed by atoms with van der Waals surface area (Å²) in [4.78, 5) is 25.4. The molecule has 0 radical (unpaired) electrons. The minimum absolute atomic E-state index is 0.169. The normalized spacial score (nSPS) is 27.3. The Hall–Kier alpha value is -3.12. The van der Waals surface area contributed by atoms with E-state index in [1.54, 1.807) is 23.0 Å². The molecule has 0 unspecified atom stereocenters. The second kappa shape index (κ2) is 8.58. The van der Waals surface area contributed by atoms with Gasteiger partial charge >= 0.3 is 0 Å². The second-order valence-electron chi connectivity index (χ2n) is 8.73. The largest absolute Gasteiger partial charge is 0.484 e. The molecule has 2 aliphatic heterocycles. The van der Waals surface area contributed by atoms with Gasteiger partial charge in [-0.1, -0.05) is 18.2 Å². The standard InChI is InChI=1S/C23H25N5O6/c29-10-15-18-19(34-23(33-18)8-4-5-9-23)22(32-15)28-13-26-17-20(24-12-25-21(17)28)27-16(30)11-31-14-6-2-1-3-7-14/h1-3,6-7,12-13,15,18-19,22,29H,4-5,8-11H2,(H,24,25,27,30)/t15-,18-,19-,22-/m1/s1. The van der Waals surface area contributed by atoms with E-state index < -0.39 is 24.2 Å². The van der Waals surface area contributed by atoms with Crippen molar-refractivity contribution >= 4 is 22.9 Å². The first-order valence-corrected chi connectivity index (χ1v) is 11.4. The lowest BCUT2D eigenvalue weighted by molar-refractivity contribution is -0.215. The van der Waals surface area contributed by atoms with Crippen molar-refractivity contribution in [1.82, 2.24) is 19.5 Å². The number of fused-ring (bicyclic) bond motifs is 2. The van der Waals surface area contributed by atoms with Crippen molar-refractivity contribution in [3.8, 4) is 5.75 Å². The van der Waals surface area contributed by atoms with Gasteiger partial charge in [-0.05, 0) is 25.0 Å². The Balaban J connectivity index is 1.22. The number of aromatic nitrogens is 4. The van der Waals surface area contributed by atoms with Gasteiger partial charge in [0.25, 0.3) is 5.91 Å². The van der Waals surface area contributed by atoms with Gasteiger partial charge in [0, 0.05) is 12.8 Å². The monoisotopic (exact) mass is 467 g/mol. The van der Waals surface area contributed by atoms with Gasteiger partial charge in [0.15, 0.2) is 35.6 Å². The molecule has 4 heterocycles. The molecule has 6 rings (SSSR count). The molecule has 1 saturated carbocycles. The molecule has 3 aliphatic rings. The highest BCUT2D eigenvalue weighted by molar-refractivity contribution is 5.97. The van der Waals surface area contributed by atoms with Crippen molar-refractivity contribution in [1.29, 1.82) is 0 Å². The molecular weight excluding hydrogens is 442 g/mol. The van der Waals surface area contributed by atoms with Gasteiger partial charge < -0.3 is 29.4 Å². The molecule has 11 heteroatoms. The predicted molar refractivity (Wildman–Crippen MR) is 118 cm³/mol. The predicted octanol–water partition coefficient (Wildman–Crippen LogP) is 1.79. The Morgan fingerprint density at radius 2 is 1.94 bits per heavy atom. The Morgan fingerprint density at radius 3 is 2.74 bits per heavy atom. The van der Waals surface area contributed by atoms with Crippen LogP contribution in [-0.4, -0.2) is 67.8 Å².